The maximum absolute atomic E-state index is 13.0. The van der Waals surface area contributed by atoms with Gasteiger partial charge >= 0.3 is 0 Å². The maximum Gasteiger partial charge on any atom is 0.232 e. The van der Waals surface area contributed by atoms with E-state index in [9.17, 15) is 9.59 Å². The minimum absolute atomic E-state index is 0.00421. The lowest BCUT2D eigenvalue weighted by Crippen LogP contribution is -2.27. The van der Waals surface area contributed by atoms with Crippen molar-refractivity contribution < 1.29 is 9.59 Å². The molecule has 2 aromatic carbocycles. The number of hydrogen-bond donors (Lipinski definition) is 1. The Morgan fingerprint density at radius 2 is 1.92 bits per heavy atom. The molecule has 1 aliphatic rings. The third kappa shape index (κ3) is 3.96. The number of carbonyl (C=O) groups is 2. The van der Waals surface area contributed by atoms with Gasteiger partial charge in [0, 0.05) is 24.3 Å². The lowest BCUT2D eigenvalue weighted by molar-refractivity contribution is -0.119. The highest BCUT2D eigenvalue weighted by atomic mass is 16.2. The normalized spacial score (nSPS) is 16.4. The molecular weight excluding hydrogens is 324 g/mol. The predicted octanol–water partition coefficient (Wildman–Crippen LogP) is 4.58. The van der Waals surface area contributed by atoms with E-state index in [-0.39, 0.29) is 23.7 Å². The number of rotatable bonds is 6. The lowest BCUT2D eigenvalue weighted by atomic mass is 9.85. The van der Waals surface area contributed by atoms with Gasteiger partial charge in [0.2, 0.25) is 11.8 Å². The van der Waals surface area contributed by atoms with Gasteiger partial charge in [-0.15, -0.1) is 0 Å². The molecule has 2 aromatic rings. The summed E-state index contributed by atoms with van der Waals surface area (Å²) in [6, 6.07) is 17.5. The van der Waals surface area contributed by atoms with Gasteiger partial charge in [-0.1, -0.05) is 56.7 Å². The van der Waals surface area contributed by atoms with E-state index < -0.39 is 0 Å². The topological polar surface area (TPSA) is 49.4 Å². The van der Waals surface area contributed by atoms with Gasteiger partial charge in [-0.25, -0.2) is 0 Å². The van der Waals surface area contributed by atoms with E-state index in [4.69, 9.17) is 0 Å². The van der Waals surface area contributed by atoms with Crippen LogP contribution < -0.4 is 10.2 Å². The van der Waals surface area contributed by atoms with Crippen molar-refractivity contribution in [1.29, 1.82) is 0 Å². The van der Waals surface area contributed by atoms with E-state index in [1.54, 1.807) is 4.90 Å². The van der Waals surface area contributed by atoms with Gasteiger partial charge in [0.15, 0.2) is 0 Å². The second-order valence-electron chi connectivity index (χ2n) is 6.96. The Bertz CT molecular complexity index is 773. The first-order valence-electron chi connectivity index (χ1n) is 9.36. The Balaban J connectivity index is 1.80. The fraction of sp³-hybridized carbons (Fsp3) is 0.364. The summed E-state index contributed by atoms with van der Waals surface area (Å²) in [6.07, 6.45) is 2.41. The van der Waals surface area contributed by atoms with Crippen LogP contribution >= 0.6 is 0 Å². The SMILES string of the molecule is CC[C@H](C)[C@@H](C(=O)Nc1cccc(N2CCCC2=O)c1)c1ccccc1. The molecule has 2 atom stereocenters. The number of anilines is 2. The monoisotopic (exact) mass is 350 g/mol. The number of nitrogens with zero attached hydrogens (tertiary/aromatic N) is 1. The van der Waals surface area contributed by atoms with Crippen molar-refractivity contribution in [3.8, 4) is 0 Å². The zero-order chi connectivity index (χ0) is 18.5. The van der Waals surface area contributed by atoms with Crippen LogP contribution in [0.25, 0.3) is 0 Å². The number of carbonyl (C=O) groups excluding carboxylic acids is 2. The molecule has 1 N–H and O–H groups in total. The number of nitrogens with one attached hydrogen (secondary N) is 1. The molecule has 0 spiro atoms. The first kappa shape index (κ1) is 18.2. The highest BCUT2D eigenvalue weighted by Gasteiger charge is 2.26. The molecule has 1 saturated heterocycles. The number of amides is 2. The summed E-state index contributed by atoms with van der Waals surface area (Å²) in [4.78, 5) is 26.8. The van der Waals surface area contributed by atoms with Crippen molar-refractivity contribution in [2.24, 2.45) is 5.92 Å². The highest BCUT2D eigenvalue weighted by Crippen LogP contribution is 2.30. The van der Waals surface area contributed by atoms with E-state index in [0.29, 0.717) is 6.42 Å². The zero-order valence-corrected chi connectivity index (χ0v) is 15.4. The number of hydrogen-bond acceptors (Lipinski definition) is 2. The van der Waals surface area contributed by atoms with Crippen molar-refractivity contribution >= 4 is 23.2 Å². The Morgan fingerprint density at radius 3 is 2.58 bits per heavy atom. The Labute approximate surface area is 155 Å². The molecule has 1 heterocycles. The van der Waals surface area contributed by atoms with Crippen LogP contribution in [-0.4, -0.2) is 18.4 Å². The van der Waals surface area contributed by atoms with Crippen molar-refractivity contribution in [1.82, 2.24) is 0 Å². The molecule has 0 unspecified atom stereocenters. The van der Waals surface area contributed by atoms with Gasteiger partial charge in [-0.05, 0) is 36.1 Å². The van der Waals surface area contributed by atoms with Crippen LogP contribution in [0.4, 0.5) is 11.4 Å². The fourth-order valence-electron chi connectivity index (χ4n) is 3.53. The minimum Gasteiger partial charge on any atom is -0.325 e. The average Bonchev–Trinajstić information content (AvgIpc) is 3.09. The summed E-state index contributed by atoms with van der Waals surface area (Å²) in [5.74, 6) is 0.185. The van der Waals surface area contributed by atoms with Gasteiger partial charge in [-0.3, -0.25) is 9.59 Å². The molecule has 26 heavy (non-hydrogen) atoms. The largest absolute Gasteiger partial charge is 0.325 e. The highest BCUT2D eigenvalue weighted by molar-refractivity contribution is 5.98. The molecule has 2 amide bonds. The van der Waals surface area contributed by atoms with E-state index in [2.05, 4.69) is 19.2 Å². The first-order chi connectivity index (χ1) is 12.6. The zero-order valence-electron chi connectivity index (χ0n) is 15.4. The number of benzene rings is 2. The molecule has 4 nitrogen and oxygen atoms in total. The molecule has 1 fully saturated rings. The summed E-state index contributed by atoms with van der Waals surface area (Å²) in [7, 11) is 0. The van der Waals surface area contributed by atoms with E-state index in [1.807, 2.05) is 54.6 Å². The summed E-state index contributed by atoms with van der Waals surface area (Å²) < 4.78 is 0. The molecule has 0 saturated carbocycles. The minimum atomic E-state index is -0.196. The third-order valence-electron chi connectivity index (χ3n) is 5.15. The van der Waals surface area contributed by atoms with Crippen LogP contribution in [0, 0.1) is 5.92 Å². The Morgan fingerprint density at radius 1 is 1.15 bits per heavy atom. The van der Waals surface area contributed by atoms with Crippen LogP contribution in [0.1, 0.15) is 44.6 Å². The molecule has 3 rings (SSSR count). The molecule has 1 aliphatic heterocycles. The molecular formula is C22H26N2O2. The fourth-order valence-corrected chi connectivity index (χ4v) is 3.53. The van der Waals surface area contributed by atoms with Crippen molar-refractivity contribution in [3.63, 3.8) is 0 Å². The first-order valence-corrected chi connectivity index (χ1v) is 9.36. The van der Waals surface area contributed by atoms with Gasteiger partial charge in [-0.2, -0.15) is 0 Å². The standard InChI is InChI=1S/C22H26N2O2/c1-3-16(2)21(17-9-5-4-6-10-17)22(26)23-18-11-7-12-19(15-18)24-14-8-13-20(24)25/h4-7,9-12,15-16,21H,3,8,13-14H2,1-2H3,(H,23,26)/t16-,21+/m0/s1. The molecule has 136 valence electrons. The molecule has 0 radical (unpaired) electrons. The second kappa shape index (κ2) is 8.17. The van der Waals surface area contributed by atoms with Crippen LogP contribution in [0.2, 0.25) is 0 Å². The molecule has 0 aliphatic carbocycles. The molecule has 0 aromatic heterocycles. The van der Waals surface area contributed by atoms with Gasteiger partial charge in [0.1, 0.15) is 0 Å². The smallest absolute Gasteiger partial charge is 0.232 e. The van der Waals surface area contributed by atoms with Crippen molar-refractivity contribution in [3.05, 3.63) is 60.2 Å². The third-order valence-corrected chi connectivity index (χ3v) is 5.15. The predicted molar refractivity (Wildman–Crippen MR) is 105 cm³/mol. The van der Waals surface area contributed by atoms with E-state index >= 15 is 0 Å². The van der Waals surface area contributed by atoms with Gasteiger partial charge < -0.3 is 10.2 Å². The summed E-state index contributed by atoms with van der Waals surface area (Å²) in [6.45, 7) is 4.96. The average molecular weight is 350 g/mol. The Kier molecular flexibility index (Phi) is 5.71. The van der Waals surface area contributed by atoms with Gasteiger partial charge in [0.25, 0.3) is 0 Å². The van der Waals surface area contributed by atoms with E-state index in [0.717, 1.165) is 36.3 Å². The van der Waals surface area contributed by atoms with E-state index in [1.165, 1.54) is 0 Å². The summed E-state index contributed by atoms with van der Waals surface area (Å²) in [5, 5.41) is 3.06. The Hall–Kier alpha value is -2.62. The maximum atomic E-state index is 13.0. The van der Waals surface area contributed by atoms with Crippen molar-refractivity contribution in [2.45, 2.75) is 39.0 Å². The van der Waals surface area contributed by atoms with Crippen LogP contribution in [-0.2, 0) is 9.59 Å². The van der Waals surface area contributed by atoms with Crippen LogP contribution in [0.3, 0.4) is 0 Å². The van der Waals surface area contributed by atoms with Crippen LogP contribution in [0.5, 0.6) is 0 Å². The second-order valence-corrected chi connectivity index (χ2v) is 6.96. The van der Waals surface area contributed by atoms with Crippen LogP contribution in [0.15, 0.2) is 54.6 Å². The van der Waals surface area contributed by atoms with Gasteiger partial charge in [0.05, 0.1) is 5.92 Å². The molecule has 0 bridgehead atoms. The summed E-state index contributed by atoms with van der Waals surface area (Å²) >= 11 is 0. The van der Waals surface area contributed by atoms with Crippen molar-refractivity contribution in [2.75, 3.05) is 16.8 Å². The lowest BCUT2D eigenvalue weighted by Gasteiger charge is -2.23. The molecule has 4 heteroatoms. The summed E-state index contributed by atoms with van der Waals surface area (Å²) in [5.41, 5.74) is 2.62. The quantitative estimate of drug-likeness (QED) is 0.829.